The molecule has 0 aromatic rings. The van der Waals surface area contributed by atoms with E-state index in [9.17, 15) is 9.90 Å². The van der Waals surface area contributed by atoms with Crippen molar-refractivity contribution in [3.05, 3.63) is 0 Å². The summed E-state index contributed by atoms with van der Waals surface area (Å²) in [6.45, 7) is 13.3. The van der Waals surface area contributed by atoms with Crippen LogP contribution in [0.5, 0.6) is 0 Å². The summed E-state index contributed by atoms with van der Waals surface area (Å²) in [4.78, 5) is 11.7. The quantitative estimate of drug-likeness (QED) is 0.758. The number of esters is 1. The molecule has 3 nitrogen and oxygen atoms in total. The van der Waals surface area contributed by atoms with E-state index in [-0.39, 0.29) is 11.4 Å². The van der Waals surface area contributed by atoms with Gasteiger partial charge in [-0.2, -0.15) is 0 Å². The van der Waals surface area contributed by atoms with Gasteiger partial charge in [-0.15, -0.1) is 0 Å². The Bertz CT molecular complexity index is 233. The lowest BCUT2D eigenvalue weighted by atomic mass is 9.85. The molecule has 0 aliphatic rings. The Morgan fingerprint density at radius 3 is 1.94 bits per heavy atom. The number of carbonyl (C=O) groups is 1. The van der Waals surface area contributed by atoms with Crippen LogP contribution in [0.25, 0.3) is 0 Å². The Kier molecular flexibility index (Phi) is 4.99. The summed E-state index contributed by atoms with van der Waals surface area (Å²) in [6.07, 6.45) is -0.0530. The number of aliphatic hydroxyl groups is 1. The Balaban J connectivity index is 4.34. The van der Waals surface area contributed by atoms with Crippen molar-refractivity contribution in [3.63, 3.8) is 0 Å². The van der Waals surface area contributed by atoms with Gasteiger partial charge in [0.2, 0.25) is 0 Å². The normalized spacial score (nSPS) is 16.8. The van der Waals surface area contributed by atoms with Crippen LogP contribution in [0.3, 0.4) is 0 Å². The van der Waals surface area contributed by atoms with Gasteiger partial charge in [0.05, 0.1) is 12.0 Å². The van der Waals surface area contributed by atoms with Crippen LogP contribution < -0.4 is 0 Å². The van der Waals surface area contributed by atoms with Crippen LogP contribution in [0.2, 0.25) is 0 Å². The third kappa shape index (κ3) is 6.83. The van der Waals surface area contributed by atoms with E-state index in [2.05, 4.69) is 0 Å². The molecule has 2 atom stereocenters. The summed E-state index contributed by atoms with van der Waals surface area (Å²) < 4.78 is 5.24. The SMILES string of the molecule is CC(C(=O)OC(C)(C)C)C(O)CC(C)(C)C. The van der Waals surface area contributed by atoms with Crippen molar-refractivity contribution >= 4 is 5.97 Å². The van der Waals surface area contributed by atoms with E-state index in [1.807, 2.05) is 41.5 Å². The molecule has 16 heavy (non-hydrogen) atoms. The molecule has 0 aliphatic carbocycles. The number of rotatable bonds is 3. The van der Waals surface area contributed by atoms with Gasteiger partial charge in [-0.25, -0.2) is 0 Å². The van der Waals surface area contributed by atoms with Gasteiger partial charge in [0.1, 0.15) is 5.60 Å². The number of ether oxygens (including phenoxy) is 1. The molecule has 3 heteroatoms. The zero-order valence-corrected chi connectivity index (χ0v) is 11.6. The molecule has 1 N–H and O–H groups in total. The van der Waals surface area contributed by atoms with Gasteiger partial charge in [-0.1, -0.05) is 20.8 Å². The first-order valence-electron chi connectivity index (χ1n) is 5.83. The van der Waals surface area contributed by atoms with Gasteiger partial charge in [-0.3, -0.25) is 4.79 Å². The lowest BCUT2D eigenvalue weighted by Gasteiger charge is -2.28. The highest BCUT2D eigenvalue weighted by Crippen LogP contribution is 2.25. The van der Waals surface area contributed by atoms with Crippen LogP contribution in [-0.2, 0) is 9.53 Å². The summed E-state index contributed by atoms with van der Waals surface area (Å²) in [7, 11) is 0. The molecule has 0 saturated heterocycles. The molecule has 0 fully saturated rings. The maximum absolute atomic E-state index is 11.7. The lowest BCUT2D eigenvalue weighted by molar-refractivity contribution is -0.163. The van der Waals surface area contributed by atoms with Gasteiger partial charge < -0.3 is 9.84 Å². The molecule has 0 bridgehead atoms. The van der Waals surface area contributed by atoms with Crippen LogP contribution in [0.15, 0.2) is 0 Å². The summed E-state index contributed by atoms with van der Waals surface area (Å²) in [5, 5.41) is 9.92. The zero-order valence-electron chi connectivity index (χ0n) is 11.6. The molecule has 0 rings (SSSR count). The molecule has 96 valence electrons. The maximum atomic E-state index is 11.7. The Morgan fingerprint density at radius 1 is 1.19 bits per heavy atom. The molecule has 0 spiro atoms. The lowest BCUT2D eigenvalue weighted by Crippen LogP contribution is -2.35. The van der Waals surface area contributed by atoms with E-state index < -0.39 is 17.6 Å². The third-order valence-corrected chi connectivity index (χ3v) is 2.18. The average molecular weight is 230 g/mol. The standard InChI is InChI=1S/C13H26O3/c1-9(10(14)8-12(2,3)4)11(15)16-13(5,6)7/h9-10,14H,8H2,1-7H3. The summed E-state index contributed by atoms with van der Waals surface area (Å²) >= 11 is 0. The van der Waals surface area contributed by atoms with Crippen molar-refractivity contribution in [1.29, 1.82) is 0 Å². The second-order valence-corrected chi connectivity index (χ2v) is 6.65. The average Bonchev–Trinajstić information content (AvgIpc) is 1.96. The first-order chi connectivity index (χ1) is 6.92. The Hall–Kier alpha value is -0.570. The highest BCUT2D eigenvalue weighted by atomic mass is 16.6. The first-order valence-corrected chi connectivity index (χ1v) is 5.83. The van der Waals surface area contributed by atoms with Crippen molar-refractivity contribution in [1.82, 2.24) is 0 Å². The molecule has 0 aliphatic heterocycles. The van der Waals surface area contributed by atoms with Crippen molar-refractivity contribution in [2.24, 2.45) is 11.3 Å². The second-order valence-electron chi connectivity index (χ2n) is 6.65. The fourth-order valence-corrected chi connectivity index (χ4v) is 1.36. The van der Waals surface area contributed by atoms with Gasteiger partial charge in [0, 0.05) is 0 Å². The number of carbonyl (C=O) groups excluding carboxylic acids is 1. The number of hydrogen-bond donors (Lipinski definition) is 1. The summed E-state index contributed by atoms with van der Waals surface area (Å²) in [6, 6.07) is 0. The van der Waals surface area contributed by atoms with Crippen molar-refractivity contribution in [2.45, 2.75) is 66.6 Å². The fraction of sp³-hybridized carbons (Fsp3) is 0.923. The van der Waals surface area contributed by atoms with E-state index in [4.69, 9.17) is 4.74 Å². The third-order valence-electron chi connectivity index (χ3n) is 2.18. The topological polar surface area (TPSA) is 46.5 Å². The van der Waals surface area contributed by atoms with Crippen molar-refractivity contribution in [3.8, 4) is 0 Å². The maximum Gasteiger partial charge on any atom is 0.311 e. The zero-order chi connectivity index (χ0) is 13.1. The molecule has 0 heterocycles. The fourth-order valence-electron chi connectivity index (χ4n) is 1.36. The molecule has 0 amide bonds. The monoisotopic (exact) mass is 230 g/mol. The van der Waals surface area contributed by atoms with E-state index >= 15 is 0 Å². The van der Waals surface area contributed by atoms with Crippen LogP contribution >= 0.6 is 0 Å². The van der Waals surface area contributed by atoms with Crippen LogP contribution in [0.1, 0.15) is 54.9 Å². The molecule has 2 unspecified atom stereocenters. The van der Waals surface area contributed by atoms with E-state index in [1.165, 1.54) is 0 Å². The van der Waals surface area contributed by atoms with Crippen LogP contribution in [-0.4, -0.2) is 22.8 Å². The molecule has 0 saturated carbocycles. The van der Waals surface area contributed by atoms with E-state index in [1.54, 1.807) is 6.92 Å². The molecular formula is C13H26O3. The predicted molar refractivity (Wildman–Crippen MR) is 65.1 cm³/mol. The molecule has 0 aromatic heterocycles. The van der Waals surface area contributed by atoms with Gasteiger partial charge in [0.25, 0.3) is 0 Å². The summed E-state index contributed by atoms with van der Waals surface area (Å²) in [5.41, 5.74) is -0.484. The highest BCUT2D eigenvalue weighted by molar-refractivity contribution is 5.73. The molecule has 0 radical (unpaired) electrons. The molecular weight excluding hydrogens is 204 g/mol. The van der Waals surface area contributed by atoms with Gasteiger partial charge in [0.15, 0.2) is 0 Å². The van der Waals surface area contributed by atoms with Crippen LogP contribution in [0, 0.1) is 11.3 Å². The van der Waals surface area contributed by atoms with Crippen molar-refractivity contribution < 1.29 is 14.6 Å². The van der Waals surface area contributed by atoms with Crippen molar-refractivity contribution in [2.75, 3.05) is 0 Å². The minimum atomic E-state index is -0.644. The summed E-state index contributed by atoms with van der Waals surface area (Å²) in [5.74, 6) is -0.803. The predicted octanol–water partition coefficient (Wildman–Crippen LogP) is 2.76. The number of hydrogen-bond acceptors (Lipinski definition) is 3. The largest absolute Gasteiger partial charge is 0.460 e. The van der Waals surface area contributed by atoms with Gasteiger partial charge >= 0.3 is 5.97 Å². The Labute approximate surface area is 99.2 Å². The first kappa shape index (κ1) is 15.4. The number of aliphatic hydroxyl groups excluding tert-OH is 1. The second kappa shape index (κ2) is 5.17. The minimum absolute atomic E-state index is 0.00961. The van der Waals surface area contributed by atoms with E-state index in [0.29, 0.717) is 6.42 Å². The minimum Gasteiger partial charge on any atom is -0.460 e. The smallest absolute Gasteiger partial charge is 0.311 e. The van der Waals surface area contributed by atoms with E-state index in [0.717, 1.165) is 0 Å². The Morgan fingerprint density at radius 2 is 1.62 bits per heavy atom. The van der Waals surface area contributed by atoms with Crippen LogP contribution in [0.4, 0.5) is 0 Å². The molecule has 0 aromatic carbocycles. The van der Waals surface area contributed by atoms with Gasteiger partial charge in [-0.05, 0) is 39.5 Å². The highest BCUT2D eigenvalue weighted by Gasteiger charge is 2.29.